The first-order valence-corrected chi connectivity index (χ1v) is 5.30. The molecule has 0 aliphatic rings. The van der Waals surface area contributed by atoms with E-state index >= 15 is 0 Å². The van der Waals surface area contributed by atoms with Crippen LogP contribution in [0.5, 0.6) is 0 Å². The van der Waals surface area contributed by atoms with Gasteiger partial charge in [-0.15, -0.1) is 0 Å². The van der Waals surface area contributed by atoms with E-state index in [9.17, 15) is 13.6 Å². The van der Waals surface area contributed by atoms with Crippen molar-refractivity contribution >= 4 is 5.97 Å². The third-order valence-corrected chi connectivity index (χ3v) is 2.26. The number of halogens is 2. The summed E-state index contributed by atoms with van der Waals surface area (Å²) in [6, 6.07) is 5.26. The Morgan fingerprint density at radius 3 is 2.89 bits per heavy atom. The zero-order valence-corrected chi connectivity index (χ0v) is 9.56. The smallest absolute Gasteiger partial charge is 0.344 e. The molecular weight excluding hydrogens is 242 g/mol. The largest absolute Gasteiger partial charge is 0.462 e. The fourth-order valence-electron chi connectivity index (χ4n) is 1.47. The van der Waals surface area contributed by atoms with E-state index in [1.165, 1.54) is 18.2 Å². The number of benzene rings is 1. The molecule has 0 fully saturated rings. The maximum absolute atomic E-state index is 13.9. The predicted molar refractivity (Wildman–Crippen MR) is 59.4 cm³/mol. The lowest BCUT2D eigenvalue weighted by molar-refractivity contribution is 0.0520. The molecule has 0 aliphatic carbocycles. The van der Waals surface area contributed by atoms with E-state index < -0.39 is 17.7 Å². The Balaban J connectivity index is 2.39. The Morgan fingerprint density at radius 2 is 2.22 bits per heavy atom. The van der Waals surface area contributed by atoms with Gasteiger partial charge in [-0.25, -0.2) is 13.9 Å². The van der Waals surface area contributed by atoms with Gasteiger partial charge in [0, 0.05) is 0 Å². The second kappa shape index (κ2) is 4.95. The molecule has 0 aliphatic heterocycles. The predicted octanol–water partition coefficient (Wildman–Crippen LogP) is 2.33. The summed E-state index contributed by atoms with van der Waals surface area (Å²) in [5.41, 5.74) is -0.0795. The van der Waals surface area contributed by atoms with Gasteiger partial charge < -0.3 is 4.74 Å². The van der Waals surface area contributed by atoms with Crippen LogP contribution >= 0.6 is 0 Å². The first kappa shape index (κ1) is 12.2. The van der Waals surface area contributed by atoms with Crippen molar-refractivity contribution in [3.05, 3.63) is 47.8 Å². The topological polar surface area (TPSA) is 44.1 Å². The van der Waals surface area contributed by atoms with Gasteiger partial charge in [-0.2, -0.15) is 9.49 Å². The molecule has 1 aromatic heterocycles. The Bertz CT molecular complexity index is 581. The molecule has 0 unspecified atom stereocenters. The molecule has 6 heteroatoms. The molecule has 0 amide bonds. The van der Waals surface area contributed by atoms with Crippen molar-refractivity contribution in [1.29, 1.82) is 0 Å². The summed E-state index contributed by atoms with van der Waals surface area (Å²) in [7, 11) is 0. The quantitative estimate of drug-likeness (QED) is 0.787. The molecule has 0 bridgehead atoms. The zero-order valence-electron chi connectivity index (χ0n) is 9.56. The van der Waals surface area contributed by atoms with Crippen molar-refractivity contribution in [2.75, 3.05) is 6.61 Å². The van der Waals surface area contributed by atoms with Crippen LogP contribution in [0.3, 0.4) is 0 Å². The molecule has 94 valence electrons. The van der Waals surface area contributed by atoms with Gasteiger partial charge in [0.1, 0.15) is 11.4 Å². The van der Waals surface area contributed by atoms with Crippen molar-refractivity contribution < 1.29 is 18.3 Å². The SMILES string of the molecule is CCOC(=O)c1cnn(-c2cccc(F)c2)c1F. The van der Waals surface area contributed by atoms with Crippen molar-refractivity contribution in [3.8, 4) is 5.69 Å². The van der Waals surface area contributed by atoms with Crippen molar-refractivity contribution in [3.63, 3.8) is 0 Å². The normalized spacial score (nSPS) is 10.4. The molecule has 18 heavy (non-hydrogen) atoms. The molecule has 0 radical (unpaired) electrons. The third-order valence-electron chi connectivity index (χ3n) is 2.26. The zero-order chi connectivity index (χ0) is 13.1. The van der Waals surface area contributed by atoms with Gasteiger partial charge in [-0.05, 0) is 25.1 Å². The molecule has 0 N–H and O–H groups in total. The van der Waals surface area contributed by atoms with Crippen molar-refractivity contribution in [2.45, 2.75) is 6.92 Å². The van der Waals surface area contributed by atoms with Gasteiger partial charge in [0.25, 0.3) is 0 Å². The number of nitrogens with zero attached hydrogens (tertiary/aromatic N) is 2. The standard InChI is InChI=1S/C12H10F2N2O2/c1-2-18-12(17)10-7-15-16(11(10)14)9-5-3-4-8(13)6-9/h3-7H,2H2,1H3. The maximum Gasteiger partial charge on any atom is 0.344 e. The fraction of sp³-hybridized carbons (Fsp3) is 0.167. The molecule has 0 spiro atoms. The minimum atomic E-state index is -0.876. The Morgan fingerprint density at radius 1 is 1.44 bits per heavy atom. The number of rotatable bonds is 3. The fourth-order valence-corrected chi connectivity index (χ4v) is 1.47. The molecule has 4 nitrogen and oxygen atoms in total. The van der Waals surface area contributed by atoms with Gasteiger partial charge in [-0.3, -0.25) is 0 Å². The van der Waals surface area contributed by atoms with Crippen LogP contribution in [0.25, 0.3) is 5.69 Å². The van der Waals surface area contributed by atoms with E-state index in [2.05, 4.69) is 9.84 Å². The highest BCUT2D eigenvalue weighted by Crippen LogP contribution is 2.15. The average molecular weight is 252 g/mol. The summed E-state index contributed by atoms with van der Waals surface area (Å²) in [6.07, 6.45) is 1.05. The molecule has 2 rings (SSSR count). The summed E-state index contributed by atoms with van der Waals surface area (Å²) in [5, 5.41) is 3.70. The minimum absolute atomic E-state index is 0.142. The van der Waals surface area contributed by atoms with Crippen LogP contribution in [0.2, 0.25) is 0 Å². The number of hydrogen-bond donors (Lipinski definition) is 0. The van der Waals surface area contributed by atoms with Crippen LogP contribution < -0.4 is 0 Å². The van der Waals surface area contributed by atoms with Crippen LogP contribution in [0, 0.1) is 11.8 Å². The number of aromatic nitrogens is 2. The molecule has 1 heterocycles. The van der Waals surface area contributed by atoms with Crippen molar-refractivity contribution in [2.24, 2.45) is 0 Å². The van der Waals surface area contributed by atoms with Gasteiger partial charge in [0.05, 0.1) is 18.5 Å². The van der Waals surface area contributed by atoms with E-state index in [1.807, 2.05) is 0 Å². The Kier molecular flexibility index (Phi) is 3.36. The third kappa shape index (κ3) is 2.22. The Hall–Kier alpha value is -2.24. The lowest BCUT2D eigenvalue weighted by Gasteiger charge is -2.02. The lowest BCUT2D eigenvalue weighted by atomic mass is 10.3. The molecule has 0 atom stereocenters. The monoisotopic (exact) mass is 252 g/mol. The van der Waals surface area contributed by atoms with E-state index in [0.717, 1.165) is 16.9 Å². The van der Waals surface area contributed by atoms with Crippen LogP contribution in [-0.2, 0) is 4.74 Å². The average Bonchev–Trinajstić information content (AvgIpc) is 2.71. The second-order valence-corrected chi connectivity index (χ2v) is 3.46. The summed E-state index contributed by atoms with van der Waals surface area (Å²) < 4.78 is 32.4. The second-order valence-electron chi connectivity index (χ2n) is 3.46. The van der Waals surface area contributed by atoms with Crippen molar-refractivity contribution in [1.82, 2.24) is 9.78 Å². The number of carbonyl (C=O) groups excluding carboxylic acids is 1. The Labute approximate surface area is 102 Å². The van der Waals surface area contributed by atoms with Gasteiger partial charge >= 0.3 is 5.97 Å². The summed E-state index contributed by atoms with van der Waals surface area (Å²) in [5.74, 6) is -2.18. The van der Waals surface area contributed by atoms with Crippen LogP contribution in [0.4, 0.5) is 8.78 Å². The van der Waals surface area contributed by atoms with Gasteiger partial charge in [0.2, 0.25) is 5.95 Å². The van der Waals surface area contributed by atoms with Crippen LogP contribution in [0.15, 0.2) is 30.5 Å². The number of hydrogen-bond acceptors (Lipinski definition) is 3. The minimum Gasteiger partial charge on any atom is -0.462 e. The first-order valence-electron chi connectivity index (χ1n) is 5.30. The number of esters is 1. The highest BCUT2D eigenvalue weighted by atomic mass is 19.1. The van der Waals surface area contributed by atoms with E-state index in [-0.39, 0.29) is 17.9 Å². The van der Waals surface area contributed by atoms with Gasteiger partial charge in [-0.1, -0.05) is 6.07 Å². The molecule has 2 aromatic rings. The lowest BCUT2D eigenvalue weighted by Crippen LogP contribution is -2.07. The van der Waals surface area contributed by atoms with Crippen LogP contribution in [-0.4, -0.2) is 22.4 Å². The first-order chi connectivity index (χ1) is 8.63. The van der Waals surface area contributed by atoms with E-state index in [1.54, 1.807) is 6.92 Å². The number of carbonyl (C=O) groups is 1. The van der Waals surface area contributed by atoms with E-state index in [4.69, 9.17) is 0 Å². The summed E-state index contributed by atoms with van der Waals surface area (Å²) >= 11 is 0. The molecule has 0 saturated heterocycles. The summed E-state index contributed by atoms with van der Waals surface area (Å²) in [4.78, 5) is 11.4. The molecule has 0 saturated carbocycles. The number of ether oxygens (including phenoxy) is 1. The highest BCUT2D eigenvalue weighted by Gasteiger charge is 2.19. The molecule has 1 aromatic carbocycles. The maximum atomic E-state index is 13.9. The van der Waals surface area contributed by atoms with E-state index in [0.29, 0.717) is 0 Å². The van der Waals surface area contributed by atoms with Gasteiger partial charge in [0.15, 0.2) is 0 Å². The highest BCUT2D eigenvalue weighted by molar-refractivity contribution is 5.89. The summed E-state index contributed by atoms with van der Waals surface area (Å²) in [6.45, 7) is 1.76. The molecular formula is C12H10F2N2O2. The van der Waals surface area contributed by atoms with Crippen LogP contribution in [0.1, 0.15) is 17.3 Å².